The topological polar surface area (TPSA) is 70.6 Å². The van der Waals surface area contributed by atoms with E-state index < -0.39 is 0 Å². The average Bonchev–Trinajstić information content (AvgIpc) is 2.67. The number of carbonyl (C=O) groups excluding carboxylic acids is 1. The fraction of sp³-hybridized carbons (Fsp3) is 0.737. The molecule has 3 rings (SSSR count). The van der Waals surface area contributed by atoms with Crippen LogP contribution in [0.15, 0.2) is 18.5 Å². The molecule has 2 fully saturated rings. The van der Waals surface area contributed by atoms with E-state index in [1.54, 1.807) is 12.4 Å². The molecule has 0 radical (unpaired) electrons. The molecule has 2 atom stereocenters. The van der Waals surface area contributed by atoms with Crippen LogP contribution in [0.2, 0.25) is 0 Å². The van der Waals surface area contributed by atoms with E-state index in [1.165, 1.54) is 0 Å². The molecule has 1 N–H and O–H groups in total. The zero-order valence-electron chi connectivity index (χ0n) is 15.9. The van der Waals surface area contributed by atoms with Crippen LogP contribution in [0, 0.1) is 11.8 Å². The van der Waals surface area contributed by atoms with Crippen molar-refractivity contribution in [2.45, 2.75) is 32.8 Å². The predicted molar refractivity (Wildman–Crippen MR) is 101 cm³/mol. The van der Waals surface area contributed by atoms with E-state index >= 15 is 0 Å². The number of amides is 1. The van der Waals surface area contributed by atoms with Gasteiger partial charge in [-0.2, -0.15) is 0 Å². The van der Waals surface area contributed by atoms with E-state index in [9.17, 15) is 4.79 Å². The SMILES string of the molecule is CC(C)CN1CCOC(CNC(=O)C2CCCN(c3ncccn3)C2)C1. The van der Waals surface area contributed by atoms with Crippen molar-refractivity contribution >= 4 is 11.9 Å². The summed E-state index contributed by atoms with van der Waals surface area (Å²) in [6.45, 7) is 10.4. The summed E-state index contributed by atoms with van der Waals surface area (Å²) < 4.78 is 5.83. The molecule has 7 nitrogen and oxygen atoms in total. The van der Waals surface area contributed by atoms with Crippen LogP contribution in [0.4, 0.5) is 5.95 Å². The number of carbonyl (C=O) groups is 1. The lowest BCUT2D eigenvalue weighted by molar-refractivity contribution is -0.126. The lowest BCUT2D eigenvalue weighted by Crippen LogP contribution is -2.50. The van der Waals surface area contributed by atoms with Crippen LogP contribution in [0.5, 0.6) is 0 Å². The molecule has 0 bridgehead atoms. The van der Waals surface area contributed by atoms with Crippen molar-refractivity contribution in [3.63, 3.8) is 0 Å². The highest BCUT2D eigenvalue weighted by molar-refractivity contribution is 5.79. The molecular weight excluding hydrogens is 330 g/mol. The minimum absolute atomic E-state index is 0.0112. The van der Waals surface area contributed by atoms with Gasteiger partial charge in [-0.15, -0.1) is 0 Å². The number of nitrogens with zero attached hydrogens (tertiary/aromatic N) is 4. The van der Waals surface area contributed by atoms with Crippen molar-refractivity contribution in [3.05, 3.63) is 18.5 Å². The second kappa shape index (κ2) is 9.28. The Morgan fingerprint density at radius 2 is 2.12 bits per heavy atom. The Morgan fingerprint density at radius 3 is 2.88 bits per heavy atom. The molecule has 1 aromatic heterocycles. The monoisotopic (exact) mass is 361 g/mol. The predicted octanol–water partition coefficient (Wildman–Crippen LogP) is 1.17. The minimum atomic E-state index is -0.0112. The van der Waals surface area contributed by atoms with Gasteiger partial charge in [-0.05, 0) is 24.8 Å². The quantitative estimate of drug-likeness (QED) is 0.820. The van der Waals surface area contributed by atoms with E-state index in [1.807, 2.05) is 6.07 Å². The number of anilines is 1. The number of morpholine rings is 1. The number of hydrogen-bond acceptors (Lipinski definition) is 6. The lowest BCUT2D eigenvalue weighted by atomic mass is 9.97. The Kier molecular flexibility index (Phi) is 6.80. The van der Waals surface area contributed by atoms with Crippen molar-refractivity contribution in [3.8, 4) is 0 Å². The molecule has 1 aromatic rings. The fourth-order valence-corrected chi connectivity index (χ4v) is 3.77. The Bertz CT molecular complexity index is 568. The summed E-state index contributed by atoms with van der Waals surface area (Å²) in [7, 11) is 0. The van der Waals surface area contributed by atoms with Gasteiger partial charge in [0.1, 0.15) is 0 Å². The van der Waals surface area contributed by atoms with Crippen LogP contribution in [0.1, 0.15) is 26.7 Å². The molecular formula is C19H31N5O2. The second-order valence-corrected chi connectivity index (χ2v) is 7.73. The van der Waals surface area contributed by atoms with Crippen molar-refractivity contribution in [1.29, 1.82) is 0 Å². The van der Waals surface area contributed by atoms with Gasteiger partial charge in [-0.25, -0.2) is 9.97 Å². The summed E-state index contributed by atoms with van der Waals surface area (Å²) in [4.78, 5) is 25.8. The molecule has 3 heterocycles. The van der Waals surface area contributed by atoms with Gasteiger partial charge in [0, 0.05) is 51.7 Å². The first-order valence-electron chi connectivity index (χ1n) is 9.75. The van der Waals surface area contributed by atoms with Crippen LogP contribution in [0.3, 0.4) is 0 Å². The zero-order valence-corrected chi connectivity index (χ0v) is 15.9. The molecule has 0 saturated carbocycles. The first kappa shape index (κ1) is 19.0. The smallest absolute Gasteiger partial charge is 0.225 e. The number of piperidine rings is 1. The molecule has 7 heteroatoms. The molecule has 0 spiro atoms. The number of hydrogen-bond donors (Lipinski definition) is 1. The molecule has 144 valence electrons. The molecule has 0 aromatic carbocycles. The molecule has 2 unspecified atom stereocenters. The van der Waals surface area contributed by atoms with E-state index in [-0.39, 0.29) is 17.9 Å². The third-order valence-corrected chi connectivity index (χ3v) is 4.98. The zero-order chi connectivity index (χ0) is 18.4. The summed E-state index contributed by atoms with van der Waals surface area (Å²) in [5.41, 5.74) is 0. The van der Waals surface area contributed by atoms with E-state index in [0.717, 1.165) is 45.6 Å². The summed E-state index contributed by atoms with van der Waals surface area (Å²) in [6, 6.07) is 1.81. The Morgan fingerprint density at radius 1 is 1.31 bits per heavy atom. The fourth-order valence-electron chi connectivity index (χ4n) is 3.77. The third-order valence-electron chi connectivity index (χ3n) is 4.98. The number of aromatic nitrogens is 2. The van der Waals surface area contributed by atoms with Gasteiger partial charge >= 0.3 is 0 Å². The molecule has 2 aliphatic heterocycles. The number of nitrogens with one attached hydrogen (secondary N) is 1. The average molecular weight is 361 g/mol. The molecule has 1 amide bonds. The lowest BCUT2D eigenvalue weighted by Gasteiger charge is -2.35. The van der Waals surface area contributed by atoms with Crippen LogP contribution >= 0.6 is 0 Å². The van der Waals surface area contributed by atoms with Gasteiger partial charge in [0.25, 0.3) is 0 Å². The Balaban J connectivity index is 1.45. The highest BCUT2D eigenvalue weighted by atomic mass is 16.5. The normalized spacial score (nSPS) is 24.7. The highest BCUT2D eigenvalue weighted by Crippen LogP contribution is 2.20. The van der Waals surface area contributed by atoms with Crippen molar-refractivity contribution < 1.29 is 9.53 Å². The summed E-state index contributed by atoms with van der Waals surface area (Å²) in [6.07, 6.45) is 5.48. The summed E-state index contributed by atoms with van der Waals surface area (Å²) >= 11 is 0. The molecule has 2 saturated heterocycles. The maximum absolute atomic E-state index is 12.6. The van der Waals surface area contributed by atoms with Crippen LogP contribution < -0.4 is 10.2 Å². The molecule has 2 aliphatic rings. The maximum Gasteiger partial charge on any atom is 0.225 e. The third kappa shape index (κ3) is 5.38. The van der Waals surface area contributed by atoms with Gasteiger partial charge in [0.15, 0.2) is 0 Å². The summed E-state index contributed by atoms with van der Waals surface area (Å²) in [5.74, 6) is 1.47. The van der Waals surface area contributed by atoms with Crippen LogP contribution in [-0.2, 0) is 9.53 Å². The molecule has 0 aliphatic carbocycles. The second-order valence-electron chi connectivity index (χ2n) is 7.73. The summed E-state index contributed by atoms with van der Waals surface area (Å²) in [5, 5.41) is 3.11. The van der Waals surface area contributed by atoms with Crippen molar-refractivity contribution in [2.24, 2.45) is 11.8 Å². The van der Waals surface area contributed by atoms with Gasteiger partial charge in [0.2, 0.25) is 11.9 Å². The van der Waals surface area contributed by atoms with Crippen LogP contribution in [0.25, 0.3) is 0 Å². The maximum atomic E-state index is 12.6. The van der Waals surface area contributed by atoms with E-state index in [4.69, 9.17) is 4.74 Å². The molecule has 26 heavy (non-hydrogen) atoms. The Labute approximate surface area is 156 Å². The standard InChI is InChI=1S/C19H31N5O2/c1-15(2)12-23-9-10-26-17(14-23)11-22-18(25)16-5-3-8-24(13-16)19-20-6-4-7-21-19/h4,6-7,15-17H,3,5,8-14H2,1-2H3,(H,22,25). The first-order chi connectivity index (χ1) is 12.6. The Hall–Kier alpha value is -1.73. The largest absolute Gasteiger partial charge is 0.374 e. The van der Waals surface area contributed by atoms with Crippen LogP contribution in [-0.4, -0.2) is 72.8 Å². The van der Waals surface area contributed by atoms with Crippen molar-refractivity contribution in [1.82, 2.24) is 20.2 Å². The minimum Gasteiger partial charge on any atom is -0.374 e. The number of ether oxygens (including phenoxy) is 1. The van der Waals surface area contributed by atoms with Crippen molar-refractivity contribution in [2.75, 3.05) is 50.8 Å². The van der Waals surface area contributed by atoms with Gasteiger partial charge < -0.3 is 15.0 Å². The van der Waals surface area contributed by atoms with Gasteiger partial charge in [-0.1, -0.05) is 13.8 Å². The highest BCUT2D eigenvalue weighted by Gasteiger charge is 2.28. The van der Waals surface area contributed by atoms with Gasteiger partial charge in [0.05, 0.1) is 18.6 Å². The first-order valence-corrected chi connectivity index (χ1v) is 9.75. The van der Waals surface area contributed by atoms with E-state index in [0.29, 0.717) is 25.0 Å². The van der Waals surface area contributed by atoms with E-state index in [2.05, 4.69) is 38.9 Å². The number of rotatable bonds is 6. The van der Waals surface area contributed by atoms with Gasteiger partial charge in [-0.3, -0.25) is 9.69 Å².